The molecule has 38 heavy (non-hydrogen) atoms. The highest BCUT2D eigenvalue weighted by Gasteiger charge is 2.44. The molecule has 2 amide bonds. The zero-order chi connectivity index (χ0) is 27.0. The second-order valence-corrected chi connectivity index (χ2v) is 14.3. The Kier molecular flexibility index (Phi) is 9.73. The first-order chi connectivity index (χ1) is 18.4. The van der Waals surface area contributed by atoms with Gasteiger partial charge in [-0.2, -0.15) is 0 Å². The SMILES string of the molecule is N[C@@H](CSC1CC(=O)N(CCCCC[P+](c2ccccc2)(c2ccccc2)c2ccccc2)C1=O)C(=O)O. The molecule has 3 N–H and O–H groups in total. The maximum Gasteiger partial charge on any atom is 0.321 e. The number of rotatable bonds is 13. The molecule has 1 aliphatic rings. The summed E-state index contributed by atoms with van der Waals surface area (Å²) in [6.45, 7) is 0.396. The van der Waals surface area contributed by atoms with Crippen LogP contribution in [0.3, 0.4) is 0 Å². The maximum atomic E-state index is 12.8. The lowest BCUT2D eigenvalue weighted by molar-refractivity contribution is -0.139. The van der Waals surface area contributed by atoms with E-state index in [4.69, 9.17) is 10.8 Å². The molecule has 0 radical (unpaired) electrons. The van der Waals surface area contributed by atoms with Crippen molar-refractivity contribution in [3.63, 3.8) is 0 Å². The molecule has 6 nitrogen and oxygen atoms in total. The molecule has 0 saturated carbocycles. The molecular formula is C30H34N2O4PS+. The molecule has 198 valence electrons. The lowest BCUT2D eigenvalue weighted by Crippen LogP contribution is -2.35. The van der Waals surface area contributed by atoms with E-state index in [2.05, 4.69) is 91.0 Å². The van der Waals surface area contributed by atoms with Gasteiger partial charge >= 0.3 is 5.97 Å². The number of carbonyl (C=O) groups is 3. The predicted molar refractivity (Wildman–Crippen MR) is 157 cm³/mol. The van der Waals surface area contributed by atoms with Gasteiger partial charge in [0.05, 0.1) is 11.4 Å². The van der Waals surface area contributed by atoms with Gasteiger partial charge in [0.2, 0.25) is 11.8 Å². The van der Waals surface area contributed by atoms with Crippen LogP contribution in [0.4, 0.5) is 0 Å². The number of hydrogen-bond acceptors (Lipinski definition) is 5. The quantitative estimate of drug-likeness (QED) is 0.193. The van der Waals surface area contributed by atoms with Crippen LogP contribution < -0.4 is 21.6 Å². The van der Waals surface area contributed by atoms with E-state index in [1.807, 2.05) is 0 Å². The molecule has 3 aromatic carbocycles. The van der Waals surface area contributed by atoms with Gasteiger partial charge in [-0.05, 0) is 55.7 Å². The van der Waals surface area contributed by atoms with Crippen molar-refractivity contribution in [2.45, 2.75) is 37.0 Å². The molecule has 1 fully saturated rings. The van der Waals surface area contributed by atoms with Crippen LogP contribution in [0.15, 0.2) is 91.0 Å². The number of carboxylic acids is 1. The Labute approximate surface area is 229 Å². The number of benzene rings is 3. The van der Waals surface area contributed by atoms with Crippen LogP contribution in [0.2, 0.25) is 0 Å². The Balaban J connectivity index is 1.43. The Morgan fingerprint density at radius 3 is 1.84 bits per heavy atom. The minimum absolute atomic E-state index is 0.108. The van der Waals surface area contributed by atoms with Crippen molar-refractivity contribution in [3.8, 4) is 0 Å². The van der Waals surface area contributed by atoms with Gasteiger partial charge in [0.15, 0.2) is 0 Å². The zero-order valence-corrected chi connectivity index (χ0v) is 23.0. The molecule has 1 aliphatic heterocycles. The number of unbranched alkanes of at least 4 members (excludes halogenated alkanes) is 2. The van der Waals surface area contributed by atoms with Crippen molar-refractivity contribution in [2.24, 2.45) is 5.73 Å². The number of hydrogen-bond donors (Lipinski definition) is 2. The van der Waals surface area contributed by atoms with Crippen LogP contribution >= 0.6 is 19.0 Å². The molecule has 0 aromatic heterocycles. The van der Waals surface area contributed by atoms with Gasteiger partial charge < -0.3 is 10.8 Å². The number of aliphatic carboxylic acids is 1. The fourth-order valence-corrected chi connectivity index (χ4v) is 10.5. The summed E-state index contributed by atoms with van der Waals surface area (Å²) in [5.41, 5.74) is 5.56. The maximum absolute atomic E-state index is 12.8. The van der Waals surface area contributed by atoms with Gasteiger partial charge in [0, 0.05) is 18.7 Å². The van der Waals surface area contributed by atoms with Crippen LogP contribution in [-0.2, 0) is 14.4 Å². The topological polar surface area (TPSA) is 101 Å². The van der Waals surface area contributed by atoms with Gasteiger partial charge in [-0.15, -0.1) is 11.8 Å². The highest BCUT2D eigenvalue weighted by Crippen LogP contribution is 2.56. The highest BCUT2D eigenvalue weighted by molar-refractivity contribution is 8.00. The third kappa shape index (κ3) is 6.35. The number of nitrogens with zero attached hydrogens (tertiary/aromatic N) is 1. The fraction of sp³-hybridized carbons (Fsp3) is 0.300. The number of nitrogens with two attached hydrogens (primary N) is 1. The van der Waals surface area contributed by atoms with Crippen LogP contribution in [0.5, 0.6) is 0 Å². The van der Waals surface area contributed by atoms with E-state index in [0.717, 1.165) is 37.2 Å². The number of likely N-dealkylation sites (tertiary alicyclic amines) is 1. The van der Waals surface area contributed by atoms with Crippen molar-refractivity contribution >= 4 is 52.7 Å². The lowest BCUT2D eigenvalue weighted by atomic mass is 10.2. The summed E-state index contributed by atoms with van der Waals surface area (Å²) in [4.78, 5) is 37.6. The van der Waals surface area contributed by atoms with Gasteiger partial charge in [0.25, 0.3) is 0 Å². The monoisotopic (exact) mass is 549 g/mol. The van der Waals surface area contributed by atoms with E-state index in [1.54, 1.807) is 0 Å². The Bertz CT molecular complexity index is 1130. The van der Waals surface area contributed by atoms with E-state index in [9.17, 15) is 14.4 Å². The second kappa shape index (κ2) is 13.2. The van der Waals surface area contributed by atoms with E-state index in [-0.39, 0.29) is 24.0 Å². The third-order valence-corrected chi connectivity index (χ3v) is 12.8. The fourth-order valence-electron chi connectivity index (χ4n) is 4.99. The molecular weight excluding hydrogens is 515 g/mol. The van der Waals surface area contributed by atoms with Crippen LogP contribution in [0, 0.1) is 0 Å². The van der Waals surface area contributed by atoms with E-state index < -0.39 is 24.5 Å². The largest absolute Gasteiger partial charge is 0.480 e. The van der Waals surface area contributed by atoms with Crippen molar-refractivity contribution in [2.75, 3.05) is 18.5 Å². The van der Waals surface area contributed by atoms with E-state index >= 15 is 0 Å². The number of carboxylic acid groups (broad SMARTS) is 1. The highest BCUT2D eigenvalue weighted by atomic mass is 32.2. The summed E-state index contributed by atoms with van der Waals surface area (Å²) in [7, 11) is -1.89. The third-order valence-electron chi connectivity index (χ3n) is 6.96. The van der Waals surface area contributed by atoms with E-state index in [0.29, 0.717) is 6.54 Å². The minimum Gasteiger partial charge on any atom is -0.480 e. The zero-order valence-electron chi connectivity index (χ0n) is 21.3. The average molecular weight is 550 g/mol. The van der Waals surface area contributed by atoms with Gasteiger partial charge in [0.1, 0.15) is 29.2 Å². The molecule has 4 rings (SSSR count). The predicted octanol–water partition coefficient (Wildman–Crippen LogP) is 3.42. The summed E-state index contributed by atoms with van der Waals surface area (Å²) < 4.78 is 0. The number of carbonyl (C=O) groups excluding carboxylic acids is 2. The molecule has 0 bridgehead atoms. The lowest BCUT2D eigenvalue weighted by Gasteiger charge is -2.27. The smallest absolute Gasteiger partial charge is 0.321 e. The number of thioether (sulfide) groups is 1. The van der Waals surface area contributed by atoms with Gasteiger partial charge in [-0.1, -0.05) is 54.6 Å². The van der Waals surface area contributed by atoms with Gasteiger partial charge in [-0.3, -0.25) is 19.3 Å². The summed E-state index contributed by atoms with van der Waals surface area (Å²) in [6, 6.07) is 31.2. The second-order valence-electron chi connectivity index (χ2n) is 9.46. The Hall–Kier alpha value is -2.99. The van der Waals surface area contributed by atoms with Crippen molar-refractivity contribution < 1.29 is 19.5 Å². The van der Waals surface area contributed by atoms with E-state index in [1.165, 1.54) is 20.8 Å². The number of amides is 2. The molecule has 1 heterocycles. The first-order valence-electron chi connectivity index (χ1n) is 12.9. The Morgan fingerprint density at radius 2 is 1.37 bits per heavy atom. The van der Waals surface area contributed by atoms with Crippen LogP contribution in [-0.4, -0.2) is 57.5 Å². The number of imide groups is 1. The van der Waals surface area contributed by atoms with Crippen molar-refractivity contribution in [1.82, 2.24) is 4.90 Å². The molecule has 1 saturated heterocycles. The first kappa shape index (κ1) is 28.0. The normalized spacial score (nSPS) is 16.6. The molecule has 0 aliphatic carbocycles. The molecule has 1 unspecified atom stereocenters. The summed E-state index contributed by atoms with van der Waals surface area (Å²) in [5.74, 6) is -1.41. The first-order valence-corrected chi connectivity index (χ1v) is 15.9. The molecule has 3 aromatic rings. The summed E-state index contributed by atoms with van der Waals surface area (Å²) in [5, 5.41) is 12.5. The van der Waals surface area contributed by atoms with Crippen molar-refractivity contribution in [3.05, 3.63) is 91.0 Å². The molecule has 8 heteroatoms. The summed E-state index contributed by atoms with van der Waals surface area (Å²) in [6.07, 6.45) is 3.71. The Morgan fingerprint density at radius 1 is 0.868 bits per heavy atom. The molecule has 2 atom stereocenters. The standard InChI is InChI=1S/C30H33N2O4PS/c31-26(30(35)36)22-38-27-21-28(33)32(29(27)34)19-11-4-12-20-37(23-13-5-1-6-14-23,24-15-7-2-8-16-24)25-17-9-3-10-18-25/h1-3,5-10,13-18,26-27H,4,11-12,19-22,31H2/p+1/t26-,27?/m0/s1. The molecule has 0 spiro atoms. The van der Waals surface area contributed by atoms with Crippen LogP contribution in [0.1, 0.15) is 25.7 Å². The van der Waals surface area contributed by atoms with Crippen LogP contribution in [0.25, 0.3) is 0 Å². The summed E-state index contributed by atoms with van der Waals surface area (Å²) >= 11 is 1.16. The van der Waals surface area contributed by atoms with Gasteiger partial charge in [-0.25, -0.2) is 0 Å². The minimum atomic E-state index is -1.89. The average Bonchev–Trinajstić information content (AvgIpc) is 3.22. The van der Waals surface area contributed by atoms with Crippen molar-refractivity contribution in [1.29, 1.82) is 0 Å².